The zero-order valence-electron chi connectivity index (χ0n) is 36.1. The summed E-state index contributed by atoms with van der Waals surface area (Å²) in [5, 5.41) is 5.02. The first kappa shape index (κ1) is 36.8. The quantitative estimate of drug-likeness (QED) is 0.175. The van der Waals surface area contributed by atoms with Crippen molar-refractivity contribution >= 4 is 66.4 Å². The molecule has 0 saturated carbocycles. The van der Waals surface area contributed by atoms with Crippen molar-refractivity contribution in [3.63, 3.8) is 0 Å². The Balaban J connectivity index is 1.10. The molecule has 14 rings (SSSR count). The smallest absolute Gasteiger partial charge is 0.0659 e. The minimum atomic E-state index is 0.853. The van der Waals surface area contributed by atoms with Crippen LogP contribution in [-0.4, -0.2) is 22.2 Å². The Morgan fingerprint density at radius 2 is 0.530 bits per heavy atom. The standard InChI is InChI=1S/C62H42N4/c1-3-17-41(18-4-1)63-35-36-64(42-19-5-2-6-20-42)62-40-56-48-34-32-44(66-59-29-15-11-25-51(59)52-26-12-16-30-60(52)66)38-54(48)53-37-43(65-57-27-13-9-23-49(57)50-24-10-14-28-58(50)65)31-33-47(53)45-21-7-8-22-46(45)55(56)39-61(62)63/h1-34,37-40H,35-36H2. The van der Waals surface area contributed by atoms with Gasteiger partial charge in [-0.3, -0.25) is 0 Å². The first-order chi connectivity index (χ1) is 32.8. The number of nitrogens with zero attached hydrogens (tertiary/aromatic N) is 4. The second-order valence-corrected chi connectivity index (χ2v) is 17.6. The Bertz CT molecular complexity index is 3790. The van der Waals surface area contributed by atoms with Crippen molar-refractivity contribution in [3.8, 4) is 55.9 Å². The molecule has 0 N–H and O–H groups in total. The Kier molecular flexibility index (Phi) is 8.07. The average molecular weight is 843 g/mol. The van der Waals surface area contributed by atoms with Gasteiger partial charge in [-0.15, -0.1) is 0 Å². The fraction of sp³-hybridized carbons (Fsp3) is 0.0323. The molecule has 310 valence electrons. The van der Waals surface area contributed by atoms with Gasteiger partial charge in [0, 0.05) is 57.4 Å². The molecule has 2 aromatic heterocycles. The van der Waals surface area contributed by atoms with Crippen LogP contribution in [0.25, 0.3) is 99.5 Å². The summed E-state index contributed by atoms with van der Waals surface area (Å²) in [6.07, 6.45) is 0. The van der Waals surface area contributed by atoms with Crippen LogP contribution in [-0.2, 0) is 0 Å². The fourth-order valence-corrected chi connectivity index (χ4v) is 11.3. The molecule has 4 heteroatoms. The van der Waals surface area contributed by atoms with E-state index in [0.29, 0.717) is 0 Å². The fourth-order valence-electron chi connectivity index (χ4n) is 11.3. The number of fused-ring (bicyclic) bond motifs is 15. The van der Waals surface area contributed by atoms with Gasteiger partial charge < -0.3 is 18.9 Å². The van der Waals surface area contributed by atoms with Gasteiger partial charge in [-0.05, 0) is 129 Å². The van der Waals surface area contributed by atoms with E-state index in [1.54, 1.807) is 0 Å². The summed E-state index contributed by atoms with van der Waals surface area (Å²) in [6, 6.07) is 85.4. The number of para-hydroxylation sites is 6. The van der Waals surface area contributed by atoms with Crippen LogP contribution >= 0.6 is 0 Å². The molecule has 0 unspecified atom stereocenters. The lowest BCUT2D eigenvalue weighted by Crippen LogP contribution is -2.36. The van der Waals surface area contributed by atoms with Crippen LogP contribution < -0.4 is 9.80 Å². The van der Waals surface area contributed by atoms with Gasteiger partial charge in [0.25, 0.3) is 0 Å². The third kappa shape index (κ3) is 5.45. The summed E-state index contributed by atoms with van der Waals surface area (Å²) < 4.78 is 4.91. The average Bonchev–Trinajstić information content (AvgIpc) is 3.91. The first-order valence-corrected chi connectivity index (χ1v) is 23.0. The van der Waals surface area contributed by atoms with Gasteiger partial charge in [0.15, 0.2) is 0 Å². The van der Waals surface area contributed by atoms with E-state index in [1.807, 2.05) is 0 Å². The highest BCUT2D eigenvalue weighted by molar-refractivity contribution is 6.12. The van der Waals surface area contributed by atoms with Crippen LogP contribution in [0, 0.1) is 0 Å². The maximum absolute atomic E-state index is 2.51. The number of benzene rings is 10. The van der Waals surface area contributed by atoms with Gasteiger partial charge in [0.1, 0.15) is 0 Å². The Labute approximate surface area is 383 Å². The molecule has 12 aromatic rings. The summed E-state index contributed by atoms with van der Waals surface area (Å²) >= 11 is 0. The number of rotatable bonds is 4. The monoisotopic (exact) mass is 842 g/mol. The predicted molar refractivity (Wildman–Crippen MR) is 277 cm³/mol. The molecule has 10 aromatic carbocycles. The van der Waals surface area contributed by atoms with Crippen molar-refractivity contribution in [2.75, 3.05) is 22.9 Å². The summed E-state index contributed by atoms with van der Waals surface area (Å²) in [4.78, 5) is 5.02. The van der Waals surface area contributed by atoms with E-state index in [-0.39, 0.29) is 0 Å². The molecule has 0 radical (unpaired) electrons. The minimum Gasteiger partial charge on any atom is -0.338 e. The van der Waals surface area contributed by atoms with Crippen molar-refractivity contribution in [1.29, 1.82) is 0 Å². The summed E-state index contributed by atoms with van der Waals surface area (Å²) in [5.41, 5.74) is 21.6. The molecule has 0 bridgehead atoms. The van der Waals surface area contributed by atoms with Crippen molar-refractivity contribution in [2.24, 2.45) is 0 Å². The highest BCUT2D eigenvalue weighted by Crippen LogP contribution is 2.54. The summed E-state index contributed by atoms with van der Waals surface area (Å²) in [6.45, 7) is 1.71. The highest BCUT2D eigenvalue weighted by Gasteiger charge is 2.31. The van der Waals surface area contributed by atoms with Gasteiger partial charge in [-0.1, -0.05) is 146 Å². The largest absolute Gasteiger partial charge is 0.338 e. The molecular formula is C62H42N4. The van der Waals surface area contributed by atoms with Gasteiger partial charge >= 0.3 is 0 Å². The summed E-state index contributed by atoms with van der Waals surface area (Å²) in [5.74, 6) is 0. The molecule has 2 aliphatic rings. The summed E-state index contributed by atoms with van der Waals surface area (Å²) in [7, 11) is 0. The maximum atomic E-state index is 2.51. The van der Waals surface area contributed by atoms with Crippen molar-refractivity contribution < 1.29 is 0 Å². The highest BCUT2D eigenvalue weighted by atomic mass is 15.3. The van der Waals surface area contributed by atoms with E-state index in [9.17, 15) is 0 Å². The third-order valence-corrected chi connectivity index (χ3v) is 14.1. The Morgan fingerprint density at radius 1 is 0.227 bits per heavy atom. The van der Waals surface area contributed by atoms with Crippen LogP contribution in [0.3, 0.4) is 0 Å². The van der Waals surface area contributed by atoms with Crippen LogP contribution in [0.4, 0.5) is 22.7 Å². The van der Waals surface area contributed by atoms with Crippen molar-refractivity contribution in [3.05, 3.63) is 231 Å². The molecule has 0 atom stereocenters. The van der Waals surface area contributed by atoms with Gasteiger partial charge in [0.05, 0.1) is 33.4 Å². The Hall–Kier alpha value is -8.60. The van der Waals surface area contributed by atoms with Crippen molar-refractivity contribution in [2.45, 2.75) is 0 Å². The lowest BCUT2D eigenvalue weighted by atomic mass is 9.80. The van der Waals surface area contributed by atoms with Crippen LogP contribution in [0.5, 0.6) is 0 Å². The van der Waals surface area contributed by atoms with Gasteiger partial charge in [0.2, 0.25) is 0 Å². The third-order valence-electron chi connectivity index (χ3n) is 14.1. The molecule has 0 amide bonds. The molecule has 0 fully saturated rings. The molecule has 0 spiro atoms. The second kappa shape index (κ2) is 14.5. The minimum absolute atomic E-state index is 0.853. The molecule has 1 aliphatic heterocycles. The Morgan fingerprint density at radius 3 is 0.939 bits per heavy atom. The lowest BCUT2D eigenvalue weighted by Gasteiger charge is -2.40. The van der Waals surface area contributed by atoms with E-state index in [4.69, 9.17) is 0 Å². The van der Waals surface area contributed by atoms with E-state index in [1.165, 1.54) is 111 Å². The van der Waals surface area contributed by atoms with Gasteiger partial charge in [-0.25, -0.2) is 0 Å². The van der Waals surface area contributed by atoms with E-state index in [2.05, 4.69) is 249 Å². The maximum Gasteiger partial charge on any atom is 0.0659 e. The topological polar surface area (TPSA) is 16.3 Å². The molecule has 66 heavy (non-hydrogen) atoms. The molecule has 1 aliphatic carbocycles. The van der Waals surface area contributed by atoms with Crippen LogP contribution in [0.2, 0.25) is 0 Å². The molecule has 4 nitrogen and oxygen atoms in total. The van der Waals surface area contributed by atoms with Gasteiger partial charge in [-0.2, -0.15) is 0 Å². The molecule has 0 saturated heterocycles. The zero-order chi connectivity index (χ0) is 43.3. The van der Waals surface area contributed by atoms with E-state index < -0.39 is 0 Å². The normalized spacial score (nSPS) is 13.0. The number of aromatic nitrogens is 2. The molecular weight excluding hydrogens is 801 g/mol. The van der Waals surface area contributed by atoms with Crippen LogP contribution in [0.15, 0.2) is 231 Å². The van der Waals surface area contributed by atoms with Crippen LogP contribution in [0.1, 0.15) is 0 Å². The number of hydrogen-bond donors (Lipinski definition) is 0. The lowest BCUT2D eigenvalue weighted by molar-refractivity contribution is 0.850. The van der Waals surface area contributed by atoms with E-state index >= 15 is 0 Å². The number of hydrogen-bond acceptors (Lipinski definition) is 2. The second-order valence-electron chi connectivity index (χ2n) is 17.6. The van der Waals surface area contributed by atoms with Crippen molar-refractivity contribution in [1.82, 2.24) is 9.13 Å². The zero-order valence-corrected chi connectivity index (χ0v) is 36.1. The van der Waals surface area contributed by atoms with E-state index in [0.717, 1.165) is 24.5 Å². The molecule has 3 heterocycles. The first-order valence-electron chi connectivity index (χ1n) is 23.0. The SMILES string of the molecule is c1ccc(N2CCN(c3ccccc3)c3cc4c(cc32)-c2ccccc2-c2ccc(-n3c5ccccc5c5ccccc53)cc2-c2cc(-n3c5ccccc5c5ccccc53)ccc2-4)cc1. The predicted octanol–water partition coefficient (Wildman–Crippen LogP) is 16.2. The number of anilines is 4.